The summed E-state index contributed by atoms with van der Waals surface area (Å²) >= 11 is 5.83. The molecular weight excluding hydrogens is 226 g/mol. The van der Waals surface area contributed by atoms with Gasteiger partial charge >= 0.3 is 5.00 Å². The summed E-state index contributed by atoms with van der Waals surface area (Å²) in [5, 5.41) is 10.7. The van der Waals surface area contributed by atoms with E-state index in [9.17, 15) is 10.1 Å². The van der Waals surface area contributed by atoms with Crippen molar-refractivity contribution in [1.29, 1.82) is 0 Å². The zero-order valence-corrected chi connectivity index (χ0v) is 9.22. The summed E-state index contributed by atoms with van der Waals surface area (Å²) in [5.41, 5.74) is 2.01. The van der Waals surface area contributed by atoms with E-state index in [0.29, 0.717) is 0 Å². The van der Waals surface area contributed by atoms with Crippen LogP contribution in [0.25, 0.3) is 5.57 Å². The highest BCUT2D eigenvalue weighted by molar-refractivity contribution is 6.24. The molecule has 0 N–H and O–H groups in total. The molecule has 0 bridgehead atoms. The smallest absolute Gasteiger partial charge is 0.262 e. The van der Waals surface area contributed by atoms with Crippen molar-refractivity contribution in [3.05, 3.63) is 64.2 Å². The molecule has 0 spiro atoms. The first-order valence-corrected chi connectivity index (χ1v) is 5.28. The fraction of sp³-hybridized carbons (Fsp3) is 0.167. The van der Waals surface area contributed by atoms with Gasteiger partial charge < -0.3 is 0 Å². The van der Waals surface area contributed by atoms with E-state index in [1.54, 1.807) is 12.2 Å². The number of nitro groups is 1. The topological polar surface area (TPSA) is 43.1 Å². The maximum Gasteiger partial charge on any atom is 0.317 e. The number of benzene rings is 1. The van der Waals surface area contributed by atoms with Crippen LogP contribution in [0.2, 0.25) is 0 Å². The molecule has 3 nitrogen and oxygen atoms in total. The summed E-state index contributed by atoms with van der Waals surface area (Å²) in [5.74, 6) is 0. The molecule has 1 atom stereocenters. The molecule has 0 aliphatic heterocycles. The molecule has 2 rings (SSSR count). The molecule has 4 heteroatoms. The molecule has 0 heterocycles. The van der Waals surface area contributed by atoms with Crippen LogP contribution in [0.1, 0.15) is 12.0 Å². The molecule has 0 radical (unpaired) electrons. The predicted octanol–water partition coefficient (Wildman–Crippen LogP) is 3.24. The minimum atomic E-state index is -1.47. The van der Waals surface area contributed by atoms with Crippen LogP contribution >= 0.6 is 11.6 Å². The van der Waals surface area contributed by atoms with Gasteiger partial charge in [0.05, 0.1) is 6.42 Å². The van der Waals surface area contributed by atoms with Gasteiger partial charge in [-0.05, 0) is 22.7 Å². The van der Waals surface area contributed by atoms with Crippen molar-refractivity contribution < 1.29 is 4.92 Å². The van der Waals surface area contributed by atoms with Crippen molar-refractivity contribution in [3.8, 4) is 0 Å². The Kier molecular flexibility index (Phi) is 2.79. The number of hydrogen-bond donors (Lipinski definition) is 0. The van der Waals surface area contributed by atoms with Crippen LogP contribution < -0.4 is 0 Å². The zero-order chi connectivity index (χ0) is 11.6. The van der Waals surface area contributed by atoms with Gasteiger partial charge in [-0.2, -0.15) is 0 Å². The Labute approximate surface area is 98.2 Å². The number of rotatable bonds is 2. The third kappa shape index (κ3) is 1.99. The lowest BCUT2D eigenvalue weighted by molar-refractivity contribution is -0.527. The molecule has 1 unspecified atom stereocenters. The van der Waals surface area contributed by atoms with Gasteiger partial charge in [-0.3, -0.25) is 10.1 Å². The molecule has 0 saturated heterocycles. The molecule has 82 valence electrons. The van der Waals surface area contributed by atoms with Crippen molar-refractivity contribution in [2.24, 2.45) is 0 Å². The molecule has 1 aromatic carbocycles. The molecule has 0 saturated carbocycles. The second kappa shape index (κ2) is 4.10. The van der Waals surface area contributed by atoms with E-state index in [4.69, 9.17) is 11.6 Å². The van der Waals surface area contributed by atoms with Crippen LogP contribution in [0.3, 0.4) is 0 Å². The van der Waals surface area contributed by atoms with Crippen molar-refractivity contribution in [2.45, 2.75) is 11.4 Å². The van der Waals surface area contributed by atoms with Gasteiger partial charge in [-0.1, -0.05) is 42.5 Å². The number of alkyl halides is 1. The van der Waals surface area contributed by atoms with E-state index in [0.717, 1.165) is 11.1 Å². The van der Waals surface area contributed by atoms with E-state index in [2.05, 4.69) is 0 Å². The molecule has 1 aromatic rings. The number of nitrogens with zero attached hydrogens (tertiary/aromatic N) is 1. The summed E-state index contributed by atoms with van der Waals surface area (Å²) < 4.78 is 0. The molecule has 1 aliphatic carbocycles. The van der Waals surface area contributed by atoms with Gasteiger partial charge in [0.1, 0.15) is 0 Å². The first-order chi connectivity index (χ1) is 7.62. The highest BCUT2D eigenvalue weighted by atomic mass is 35.5. The molecule has 16 heavy (non-hydrogen) atoms. The minimum absolute atomic E-state index is 0.211. The Morgan fingerprint density at radius 3 is 2.50 bits per heavy atom. The minimum Gasteiger partial charge on any atom is -0.262 e. The molecule has 1 aliphatic rings. The quantitative estimate of drug-likeness (QED) is 0.342. The van der Waals surface area contributed by atoms with Crippen LogP contribution in [0.15, 0.2) is 48.6 Å². The average Bonchev–Trinajstić information content (AvgIpc) is 2.31. The second-order valence-electron chi connectivity index (χ2n) is 3.64. The molecular formula is C12H10ClNO2. The van der Waals surface area contributed by atoms with Crippen molar-refractivity contribution in [3.63, 3.8) is 0 Å². The van der Waals surface area contributed by atoms with Crippen LogP contribution in [0.4, 0.5) is 0 Å². The van der Waals surface area contributed by atoms with Gasteiger partial charge in [0.2, 0.25) is 0 Å². The molecule has 0 aromatic heterocycles. The Balaban J connectivity index is 2.23. The van der Waals surface area contributed by atoms with Crippen LogP contribution in [0.5, 0.6) is 0 Å². The normalized spacial score (nSPS) is 23.9. The standard InChI is InChI=1S/C12H10ClNO2/c13-12(14(15)16)8-6-11(7-9-12)10-4-2-1-3-5-10/h1-8H,9H2. The molecule has 0 fully saturated rings. The van der Waals surface area contributed by atoms with Gasteiger partial charge in [-0.25, -0.2) is 0 Å². The zero-order valence-electron chi connectivity index (χ0n) is 8.47. The van der Waals surface area contributed by atoms with E-state index >= 15 is 0 Å². The van der Waals surface area contributed by atoms with Gasteiger partial charge in [0, 0.05) is 11.0 Å². The first kappa shape index (κ1) is 10.9. The van der Waals surface area contributed by atoms with E-state index in [-0.39, 0.29) is 6.42 Å². The van der Waals surface area contributed by atoms with Crippen molar-refractivity contribution in [2.75, 3.05) is 0 Å². The average molecular weight is 236 g/mol. The fourth-order valence-corrected chi connectivity index (χ4v) is 1.73. The maximum absolute atomic E-state index is 10.7. The predicted molar refractivity (Wildman–Crippen MR) is 63.8 cm³/mol. The van der Waals surface area contributed by atoms with Crippen LogP contribution in [-0.4, -0.2) is 9.92 Å². The van der Waals surface area contributed by atoms with Crippen molar-refractivity contribution in [1.82, 2.24) is 0 Å². The summed E-state index contributed by atoms with van der Waals surface area (Å²) in [6.07, 6.45) is 5.15. The molecule has 0 amide bonds. The largest absolute Gasteiger partial charge is 0.317 e. The lowest BCUT2D eigenvalue weighted by Crippen LogP contribution is -2.29. The fourth-order valence-electron chi connectivity index (χ4n) is 1.59. The van der Waals surface area contributed by atoms with Gasteiger partial charge in [-0.15, -0.1) is 0 Å². The van der Waals surface area contributed by atoms with E-state index in [1.165, 1.54) is 6.08 Å². The number of allylic oxidation sites excluding steroid dienone is 2. The highest BCUT2D eigenvalue weighted by Crippen LogP contribution is 2.31. The highest BCUT2D eigenvalue weighted by Gasteiger charge is 2.37. The van der Waals surface area contributed by atoms with Crippen LogP contribution in [-0.2, 0) is 0 Å². The van der Waals surface area contributed by atoms with Gasteiger partial charge in [0.25, 0.3) is 0 Å². The Morgan fingerprint density at radius 1 is 1.31 bits per heavy atom. The number of halogens is 1. The third-order valence-electron chi connectivity index (χ3n) is 2.54. The Morgan fingerprint density at radius 2 is 2.00 bits per heavy atom. The lowest BCUT2D eigenvalue weighted by Gasteiger charge is -2.17. The monoisotopic (exact) mass is 235 g/mol. The lowest BCUT2D eigenvalue weighted by atomic mass is 9.97. The third-order valence-corrected chi connectivity index (χ3v) is 2.96. The second-order valence-corrected chi connectivity index (χ2v) is 4.29. The SMILES string of the molecule is O=[N+]([O-])C1(Cl)C=CC(c2ccccc2)=CC1. The summed E-state index contributed by atoms with van der Waals surface area (Å²) in [7, 11) is 0. The van der Waals surface area contributed by atoms with E-state index < -0.39 is 9.92 Å². The Hall–Kier alpha value is -1.61. The first-order valence-electron chi connectivity index (χ1n) is 4.90. The van der Waals surface area contributed by atoms with Crippen molar-refractivity contribution >= 4 is 17.2 Å². The summed E-state index contributed by atoms with van der Waals surface area (Å²) in [4.78, 5) is 8.77. The summed E-state index contributed by atoms with van der Waals surface area (Å²) in [6, 6.07) is 9.72. The Bertz CT molecular complexity index is 467. The van der Waals surface area contributed by atoms with Gasteiger partial charge in [0.15, 0.2) is 0 Å². The maximum atomic E-state index is 10.7. The van der Waals surface area contributed by atoms with Crippen LogP contribution in [0, 0.1) is 10.1 Å². The summed E-state index contributed by atoms with van der Waals surface area (Å²) in [6.45, 7) is 0. The van der Waals surface area contributed by atoms with E-state index in [1.807, 2.05) is 30.3 Å². The number of hydrogen-bond acceptors (Lipinski definition) is 2.